The molecule has 0 bridgehead atoms. The van der Waals surface area contributed by atoms with E-state index >= 15 is 0 Å². The van der Waals surface area contributed by atoms with Gasteiger partial charge in [-0.15, -0.1) is 0 Å². The van der Waals surface area contributed by atoms with Crippen LogP contribution in [0.25, 0.3) is 121 Å². The Kier molecular flexibility index (Phi) is 6.41. The van der Waals surface area contributed by atoms with E-state index in [9.17, 15) is 0 Å². The van der Waals surface area contributed by atoms with Crippen LogP contribution in [0, 0.1) is 0 Å². The predicted octanol–water partition coefficient (Wildman–Crippen LogP) is 15.0. The van der Waals surface area contributed by atoms with Crippen LogP contribution in [0.4, 0.5) is 0 Å². The summed E-state index contributed by atoms with van der Waals surface area (Å²) in [5, 5.41) is 9.45. The van der Waals surface area contributed by atoms with Gasteiger partial charge in [-0.2, -0.15) is 0 Å². The first-order valence-electron chi connectivity index (χ1n) is 19.7. The van der Waals surface area contributed by atoms with Crippen LogP contribution in [0.15, 0.2) is 203 Å². The van der Waals surface area contributed by atoms with Crippen LogP contribution < -0.4 is 0 Å². The molecular formula is C54H32N2O2. The molecule has 13 aromatic rings. The molecule has 0 atom stereocenters. The summed E-state index contributed by atoms with van der Waals surface area (Å²) in [6.07, 6.45) is 0. The fourth-order valence-corrected chi connectivity index (χ4v) is 9.54. The van der Waals surface area contributed by atoms with Crippen molar-refractivity contribution in [2.24, 2.45) is 0 Å². The van der Waals surface area contributed by atoms with Crippen LogP contribution in [-0.2, 0) is 0 Å². The van der Waals surface area contributed by atoms with Crippen LogP contribution in [0.5, 0.6) is 0 Å². The van der Waals surface area contributed by atoms with E-state index in [2.05, 4.69) is 179 Å². The zero-order valence-electron chi connectivity index (χ0n) is 31.2. The molecule has 0 saturated carbocycles. The van der Waals surface area contributed by atoms with Crippen molar-refractivity contribution in [1.82, 2.24) is 9.13 Å². The second kappa shape index (κ2) is 11.8. The van der Waals surface area contributed by atoms with Crippen molar-refractivity contribution in [3.05, 3.63) is 194 Å². The molecule has 0 aliphatic heterocycles. The molecule has 58 heavy (non-hydrogen) atoms. The molecule has 13 rings (SSSR count). The second-order valence-electron chi connectivity index (χ2n) is 15.3. The second-order valence-corrected chi connectivity index (χ2v) is 15.3. The molecule has 4 heterocycles. The highest BCUT2D eigenvalue weighted by Crippen LogP contribution is 2.41. The molecule has 0 amide bonds. The third-order valence-electron chi connectivity index (χ3n) is 12.1. The topological polar surface area (TPSA) is 36.1 Å². The molecule has 4 aromatic heterocycles. The summed E-state index contributed by atoms with van der Waals surface area (Å²) in [5.74, 6) is 0. The lowest BCUT2D eigenvalue weighted by Crippen LogP contribution is -1.94. The average molecular weight is 741 g/mol. The molecule has 0 spiro atoms. The summed E-state index contributed by atoms with van der Waals surface area (Å²) in [6, 6.07) is 69.7. The maximum absolute atomic E-state index is 6.26. The Balaban J connectivity index is 0.957. The first kappa shape index (κ1) is 31.4. The Labute approximate surface area is 332 Å². The number of para-hydroxylation sites is 4. The minimum absolute atomic E-state index is 0.901. The van der Waals surface area contributed by atoms with Gasteiger partial charge < -0.3 is 18.0 Å². The quantitative estimate of drug-likeness (QED) is 0.180. The standard InChI is InChI=1S/C54H32N2O2/c1-5-18-46-39(13-1)43-30-33(23-26-48(43)55(46)36-12-9-11-35(29-36)38-17-10-22-53-54(38)42-16-4-8-21-51(42)58-53)34-24-27-49-44(31-34)40-14-2-6-19-47(40)56(49)37-25-28-52-45(32-37)41-15-3-7-20-50(41)57-52/h1-32H. The number of nitrogens with zero attached hydrogens (tertiary/aromatic N) is 2. The highest BCUT2D eigenvalue weighted by molar-refractivity contribution is 6.15. The molecule has 0 unspecified atom stereocenters. The molecule has 0 fully saturated rings. The maximum atomic E-state index is 6.26. The van der Waals surface area contributed by atoms with Gasteiger partial charge in [0.1, 0.15) is 22.3 Å². The third-order valence-corrected chi connectivity index (χ3v) is 12.1. The van der Waals surface area contributed by atoms with E-state index in [4.69, 9.17) is 8.83 Å². The van der Waals surface area contributed by atoms with E-state index in [1.807, 2.05) is 24.3 Å². The lowest BCUT2D eigenvalue weighted by atomic mass is 9.99. The number of hydrogen-bond acceptors (Lipinski definition) is 2. The van der Waals surface area contributed by atoms with Gasteiger partial charge in [0.15, 0.2) is 0 Å². The molecular weight excluding hydrogens is 709 g/mol. The van der Waals surface area contributed by atoms with Crippen LogP contribution >= 0.6 is 0 Å². The number of rotatable bonds is 4. The fourth-order valence-electron chi connectivity index (χ4n) is 9.54. The monoisotopic (exact) mass is 740 g/mol. The minimum Gasteiger partial charge on any atom is -0.456 e. The number of aromatic nitrogens is 2. The average Bonchev–Trinajstić information content (AvgIpc) is 4.03. The number of benzene rings is 9. The van der Waals surface area contributed by atoms with Gasteiger partial charge in [-0.25, -0.2) is 0 Å². The summed E-state index contributed by atoms with van der Waals surface area (Å²) in [4.78, 5) is 0. The van der Waals surface area contributed by atoms with Gasteiger partial charge in [-0.05, 0) is 107 Å². The molecule has 0 saturated heterocycles. The van der Waals surface area contributed by atoms with E-state index in [1.165, 1.54) is 60.3 Å². The fraction of sp³-hybridized carbons (Fsp3) is 0. The number of furan rings is 2. The van der Waals surface area contributed by atoms with Crippen molar-refractivity contribution in [1.29, 1.82) is 0 Å². The minimum atomic E-state index is 0.901. The Morgan fingerprint density at radius 3 is 1.50 bits per heavy atom. The van der Waals surface area contributed by atoms with Gasteiger partial charge in [0, 0.05) is 54.5 Å². The third kappa shape index (κ3) is 4.45. The lowest BCUT2D eigenvalue weighted by Gasteiger charge is -2.11. The predicted molar refractivity (Wildman–Crippen MR) is 241 cm³/mol. The normalized spacial score (nSPS) is 12.1. The SMILES string of the molecule is c1cc(-c2cccc3oc4ccccc4c23)cc(-n2c3ccccc3c3cc(-c4ccc5c(c4)c4ccccc4n5-c4ccc5oc6ccccc6c5c4)ccc32)c1. The van der Waals surface area contributed by atoms with Crippen molar-refractivity contribution in [2.75, 3.05) is 0 Å². The van der Waals surface area contributed by atoms with Crippen LogP contribution in [0.3, 0.4) is 0 Å². The van der Waals surface area contributed by atoms with Crippen molar-refractivity contribution >= 4 is 87.5 Å². The first-order valence-corrected chi connectivity index (χ1v) is 19.7. The van der Waals surface area contributed by atoms with E-state index < -0.39 is 0 Å². The largest absolute Gasteiger partial charge is 0.456 e. The van der Waals surface area contributed by atoms with Crippen LogP contribution in [0.2, 0.25) is 0 Å². The van der Waals surface area contributed by atoms with Gasteiger partial charge in [0.25, 0.3) is 0 Å². The van der Waals surface area contributed by atoms with Crippen molar-refractivity contribution in [3.8, 4) is 33.6 Å². The van der Waals surface area contributed by atoms with Gasteiger partial charge in [-0.3, -0.25) is 0 Å². The summed E-state index contributed by atoms with van der Waals surface area (Å²) in [7, 11) is 0. The van der Waals surface area contributed by atoms with Gasteiger partial charge in [0.2, 0.25) is 0 Å². The van der Waals surface area contributed by atoms with Crippen molar-refractivity contribution in [2.45, 2.75) is 0 Å². The van der Waals surface area contributed by atoms with E-state index in [1.54, 1.807) is 0 Å². The highest BCUT2D eigenvalue weighted by Gasteiger charge is 2.18. The van der Waals surface area contributed by atoms with E-state index in [0.29, 0.717) is 0 Å². The molecule has 0 aliphatic rings. The Morgan fingerprint density at radius 1 is 0.276 bits per heavy atom. The molecule has 9 aromatic carbocycles. The number of fused-ring (bicyclic) bond motifs is 12. The summed E-state index contributed by atoms with van der Waals surface area (Å²) in [5.41, 5.74) is 15.3. The van der Waals surface area contributed by atoms with E-state index in [-0.39, 0.29) is 0 Å². The molecule has 0 N–H and O–H groups in total. The van der Waals surface area contributed by atoms with E-state index in [0.717, 1.165) is 60.8 Å². The van der Waals surface area contributed by atoms with Gasteiger partial charge >= 0.3 is 0 Å². The molecule has 4 heteroatoms. The van der Waals surface area contributed by atoms with Crippen LogP contribution in [0.1, 0.15) is 0 Å². The molecule has 0 aliphatic carbocycles. The smallest absolute Gasteiger partial charge is 0.136 e. The van der Waals surface area contributed by atoms with Gasteiger partial charge in [0.05, 0.1) is 22.1 Å². The summed E-state index contributed by atoms with van der Waals surface area (Å²) >= 11 is 0. The zero-order chi connectivity index (χ0) is 37.9. The lowest BCUT2D eigenvalue weighted by molar-refractivity contribution is 0.668. The Bertz CT molecular complexity index is 3820. The zero-order valence-corrected chi connectivity index (χ0v) is 31.2. The molecule has 4 nitrogen and oxygen atoms in total. The Morgan fingerprint density at radius 2 is 0.793 bits per heavy atom. The van der Waals surface area contributed by atoms with Crippen LogP contribution in [-0.4, -0.2) is 9.13 Å². The Hall–Kier alpha value is -7.82. The van der Waals surface area contributed by atoms with Crippen molar-refractivity contribution in [3.63, 3.8) is 0 Å². The molecule has 0 radical (unpaired) electrons. The molecule has 270 valence electrons. The highest BCUT2D eigenvalue weighted by atomic mass is 16.3. The van der Waals surface area contributed by atoms with Gasteiger partial charge in [-0.1, -0.05) is 109 Å². The summed E-state index contributed by atoms with van der Waals surface area (Å²) < 4.78 is 17.2. The first-order chi connectivity index (χ1) is 28.7. The maximum Gasteiger partial charge on any atom is 0.136 e. The number of hydrogen-bond donors (Lipinski definition) is 0. The van der Waals surface area contributed by atoms with Crippen molar-refractivity contribution < 1.29 is 8.83 Å². The summed E-state index contributed by atoms with van der Waals surface area (Å²) in [6.45, 7) is 0.